The first-order valence-electron chi connectivity index (χ1n) is 7.17. The summed E-state index contributed by atoms with van der Waals surface area (Å²) in [7, 11) is 3.48. The van der Waals surface area contributed by atoms with E-state index in [9.17, 15) is 4.79 Å². The maximum absolute atomic E-state index is 11.5. The lowest BCUT2D eigenvalue weighted by Crippen LogP contribution is -2.34. The molecule has 1 saturated heterocycles. The largest absolute Gasteiger partial charge is 0.465 e. The minimum Gasteiger partial charge on any atom is -0.465 e. The fourth-order valence-corrected chi connectivity index (χ4v) is 2.77. The SMILES string of the molecule is COC(=O)c1cc(CN(C)CC2CCNCC2)oc1C. The van der Waals surface area contributed by atoms with Crippen LogP contribution in [0.3, 0.4) is 0 Å². The van der Waals surface area contributed by atoms with Gasteiger partial charge in [-0.3, -0.25) is 4.90 Å². The number of furan rings is 1. The molecule has 0 amide bonds. The Morgan fingerprint density at radius 3 is 2.85 bits per heavy atom. The molecule has 1 aromatic heterocycles. The van der Waals surface area contributed by atoms with Crippen molar-refractivity contribution < 1.29 is 13.9 Å². The van der Waals surface area contributed by atoms with Gasteiger partial charge in [0.25, 0.3) is 0 Å². The summed E-state index contributed by atoms with van der Waals surface area (Å²) in [5.41, 5.74) is 0.526. The van der Waals surface area contributed by atoms with Gasteiger partial charge < -0.3 is 14.5 Å². The zero-order valence-corrected chi connectivity index (χ0v) is 12.6. The van der Waals surface area contributed by atoms with Crippen LogP contribution in [0.4, 0.5) is 0 Å². The molecule has 20 heavy (non-hydrogen) atoms. The van der Waals surface area contributed by atoms with Crippen molar-refractivity contribution >= 4 is 5.97 Å². The Morgan fingerprint density at radius 2 is 2.20 bits per heavy atom. The molecule has 0 aromatic carbocycles. The van der Waals surface area contributed by atoms with Gasteiger partial charge in [-0.05, 0) is 51.9 Å². The number of aryl methyl sites for hydroxylation is 1. The standard InChI is InChI=1S/C15H24N2O3/c1-11-14(15(18)19-3)8-13(20-11)10-17(2)9-12-4-6-16-7-5-12/h8,12,16H,4-7,9-10H2,1-3H3. The molecule has 1 aliphatic heterocycles. The lowest BCUT2D eigenvalue weighted by Gasteiger charge is -2.27. The number of ether oxygens (including phenoxy) is 1. The van der Waals surface area contributed by atoms with Crippen LogP contribution in [0.2, 0.25) is 0 Å². The number of methoxy groups -OCH3 is 1. The summed E-state index contributed by atoms with van der Waals surface area (Å²) in [4.78, 5) is 13.8. The van der Waals surface area contributed by atoms with E-state index in [2.05, 4.69) is 17.3 Å². The van der Waals surface area contributed by atoms with Gasteiger partial charge in [0.15, 0.2) is 0 Å². The highest BCUT2D eigenvalue weighted by Crippen LogP contribution is 2.18. The predicted molar refractivity (Wildman–Crippen MR) is 76.7 cm³/mol. The molecule has 1 N–H and O–H groups in total. The normalized spacial score (nSPS) is 16.6. The Labute approximate surface area is 120 Å². The maximum atomic E-state index is 11.5. The molecule has 0 saturated carbocycles. The third kappa shape index (κ3) is 3.84. The first-order valence-corrected chi connectivity index (χ1v) is 7.17. The molecule has 5 nitrogen and oxygen atoms in total. The molecular formula is C15H24N2O3. The van der Waals surface area contributed by atoms with E-state index in [1.54, 1.807) is 13.0 Å². The Bertz CT molecular complexity index is 450. The molecule has 5 heteroatoms. The van der Waals surface area contributed by atoms with Crippen LogP contribution < -0.4 is 5.32 Å². The van der Waals surface area contributed by atoms with Crippen molar-refractivity contribution in [2.24, 2.45) is 5.92 Å². The summed E-state index contributed by atoms with van der Waals surface area (Å²) in [6.45, 7) is 5.81. The minimum absolute atomic E-state index is 0.335. The van der Waals surface area contributed by atoms with E-state index in [0.29, 0.717) is 11.3 Å². The van der Waals surface area contributed by atoms with Crippen LogP contribution in [-0.2, 0) is 11.3 Å². The number of hydrogen-bond acceptors (Lipinski definition) is 5. The zero-order valence-electron chi connectivity index (χ0n) is 12.6. The second kappa shape index (κ2) is 6.90. The van der Waals surface area contributed by atoms with Gasteiger partial charge >= 0.3 is 5.97 Å². The zero-order chi connectivity index (χ0) is 14.5. The minimum atomic E-state index is -0.335. The molecule has 112 valence electrons. The number of carbonyl (C=O) groups is 1. The van der Waals surface area contributed by atoms with E-state index in [-0.39, 0.29) is 5.97 Å². The molecule has 2 heterocycles. The van der Waals surface area contributed by atoms with E-state index in [4.69, 9.17) is 9.15 Å². The molecule has 0 radical (unpaired) electrons. The van der Waals surface area contributed by atoms with Gasteiger partial charge in [-0.25, -0.2) is 4.79 Å². The van der Waals surface area contributed by atoms with Gasteiger partial charge in [0.1, 0.15) is 17.1 Å². The molecule has 0 atom stereocenters. The van der Waals surface area contributed by atoms with Crippen molar-refractivity contribution in [1.82, 2.24) is 10.2 Å². The Balaban J connectivity index is 1.90. The van der Waals surface area contributed by atoms with E-state index >= 15 is 0 Å². The number of piperidine rings is 1. The Hall–Kier alpha value is -1.33. The molecule has 0 spiro atoms. The van der Waals surface area contributed by atoms with E-state index in [0.717, 1.165) is 37.9 Å². The van der Waals surface area contributed by atoms with Crippen LogP contribution in [0, 0.1) is 12.8 Å². The summed E-state index contributed by atoms with van der Waals surface area (Å²) in [5, 5.41) is 3.38. The van der Waals surface area contributed by atoms with Crippen molar-refractivity contribution in [3.8, 4) is 0 Å². The average molecular weight is 280 g/mol. The topological polar surface area (TPSA) is 54.7 Å². The van der Waals surface area contributed by atoms with Crippen molar-refractivity contribution in [1.29, 1.82) is 0 Å². The quantitative estimate of drug-likeness (QED) is 0.834. The van der Waals surface area contributed by atoms with Crippen molar-refractivity contribution in [3.05, 3.63) is 23.2 Å². The highest BCUT2D eigenvalue weighted by Gasteiger charge is 2.18. The number of nitrogens with zero attached hydrogens (tertiary/aromatic N) is 1. The second-order valence-corrected chi connectivity index (χ2v) is 5.56. The molecule has 1 aliphatic rings. The van der Waals surface area contributed by atoms with Crippen LogP contribution in [-0.4, -0.2) is 44.7 Å². The smallest absolute Gasteiger partial charge is 0.341 e. The summed E-state index contributed by atoms with van der Waals surface area (Å²) >= 11 is 0. The Morgan fingerprint density at radius 1 is 1.50 bits per heavy atom. The van der Waals surface area contributed by atoms with Gasteiger partial charge in [0.05, 0.1) is 13.7 Å². The van der Waals surface area contributed by atoms with Gasteiger partial charge in [-0.15, -0.1) is 0 Å². The molecular weight excluding hydrogens is 256 g/mol. The first kappa shape index (κ1) is 15.1. The third-order valence-electron chi connectivity index (χ3n) is 3.83. The summed E-state index contributed by atoms with van der Waals surface area (Å²) in [6.07, 6.45) is 2.46. The average Bonchev–Trinajstić information content (AvgIpc) is 2.79. The summed E-state index contributed by atoms with van der Waals surface area (Å²) in [6, 6.07) is 1.79. The van der Waals surface area contributed by atoms with Crippen molar-refractivity contribution in [2.75, 3.05) is 33.8 Å². The van der Waals surface area contributed by atoms with Gasteiger partial charge in [-0.1, -0.05) is 0 Å². The van der Waals surface area contributed by atoms with Crippen LogP contribution in [0.5, 0.6) is 0 Å². The van der Waals surface area contributed by atoms with Gasteiger partial charge in [0, 0.05) is 6.54 Å². The highest BCUT2D eigenvalue weighted by atomic mass is 16.5. The van der Waals surface area contributed by atoms with E-state index in [1.165, 1.54) is 20.0 Å². The lowest BCUT2D eigenvalue weighted by molar-refractivity contribution is 0.0599. The van der Waals surface area contributed by atoms with E-state index < -0.39 is 0 Å². The van der Waals surface area contributed by atoms with Crippen molar-refractivity contribution in [3.63, 3.8) is 0 Å². The molecule has 1 aromatic rings. The molecule has 0 unspecified atom stereocenters. The number of esters is 1. The van der Waals surface area contributed by atoms with Gasteiger partial charge in [-0.2, -0.15) is 0 Å². The van der Waals surface area contributed by atoms with Crippen LogP contribution in [0.1, 0.15) is 34.7 Å². The lowest BCUT2D eigenvalue weighted by atomic mass is 9.98. The number of nitrogens with one attached hydrogen (secondary N) is 1. The van der Waals surface area contributed by atoms with Crippen LogP contribution in [0.15, 0.2) is 10.5 Å². The molecule has 0 bridgehead atoms. The van der Waals surface area contributed by atoms with Gasteiger partial charge in [0.2, 0.25) is 0 Å². The summed E-state index contributed by atoms with van der Waals surface area (Å²) in [5.74, 6) is 1.86. The number of hydrogen-bond donors (Lipinski definition) is 1. The fourth-order valence-electron chi connectivity index (χ4n) is 2.77. The highest BCUT2D eigenvalue weighted by molar-refractivity contribution is 5.90. The molecule has 0 aliphatic carbocycles. The monoisotopic (exact) mass is 280 g/mol. The number of rotatable bonds is 5. The fraction of sp³-hybridized carbons (Fsp3) is 0.667. The van der Waals surface area contributed by atoms with Crippen molar-refractivity contribution in [2.45, 2.75) is 26.3 Å². The molecule has 2 rings (SSSR count). The number of carbonyl (C=O) groups excluding carboxylic acids is 1. The molecule has 1 fully saturated rings. The Kier molecular flexibility index (Phi) is 5.20. The predicted octanol–water partition coefficient (Wildman–Crippen LogP) is 1.81. The van der Waals surface area contributed by atoms with Crippen LogP contribution in [0.25, 0.3) is 0 Å². The second-order valence-electron chi connectivity index (χ2n) is 5.56. The third-order valence-corrected chi connectivity index (χ3v) is 3.83. The summed E-state index contributed by atoms with van der Waals surface area (Å²) < 4.78 is 10.4. The first-order chi connectivity index (χ1) is 9.60. The van der Waals surface area contributed by atoms with E-state index in [1.807, 2.05) is 0 Å². The maximum Gasteiger partial charge on any atom is 0.341 e. The van der Waals surface area contributed by atoms with Crippen LogP contribution >= 0.6 is 0 Å².